The summed E-state index contributed by atoms with van der Waals surface area (Å²) in [7, 11) is 0. The van der Waals surface area contributed by atoms with Gasteiger partial charge in [-0.05, 0) is 32.0 Å². The summed E-state index contributed by atoms with van der Waals surface area (Å²) in [6, 6.07) is 4.85. The Morgan fingerprint density at radius 2 is 2.00 bits per heavy atom. The van der Waals surface area contributed by atoms with Crippen molar-refractivity contribution in [2.24, 2.45) is 5.73 Å². The molecule has 1 rings (SSSR count). The zero-order chi connectivity index (χ0) is 13.2. The van der Waals surface area contributed by atoms with Crippen molar-refractivity contribution in [3.05, 3.63) is 28.2 Å². The maximum absolute atomic E-state index is 11.2. The van der Waals surface area contributed by atoms with Gasteiger partial charge in [-0.2, -0.15) is 0 Å². The number of carboxylic acids is 1. The molecule has 0 heterocycles. The van der Waals surface area contributed by atoms with Gasteiger partial charge in [-0.25, -0.2) is 4.79 Å². The summed E-state index contributed by atoms with van der Waals surface area (Å²) in [6.45, 7) is 3.00. The number of carboxylic acid groups (broad SMARTS) is 1. The third kappa shape index (κ3) is 3.20. The minimum atomic E-state index is -1.18. The third-order valence-electron chi connectivity index (χ3n) is 2.23. The molecule has 0 saturated heterocycles. The number of halogens is 1. The van der Waals surface area contributed by atoms with E-state index in [-0.39, 0.29) is 5.56 Å². The van der Waals surface area contributed by atoms with E-state index >= 15 is 0 Å². The second-order valence-electron chi connectivity index (χ2n) is 4.11. The van der Waals surface area contributed by atoms with Crippen molar-refractivity contribution < 1.29 is 14.7 Å². The van der Waals surface area contributed by atoms with Gasteiger partial charge >= 0.3 is 5.97 Å². The van der Waals surface area contributed by atoms with E-state index in [0.717, 1.165) is 0 Å². The monoisotopic (exact) mass is 300 g/mol. The van der Waals surface area contributed by atoms with Crippen LogP contribution in [0.5, 0.6) is 0 Å². The second kappa shape index (κ2) is 4.75. The van der Waals surface area contributed by atoms with Gasteiger partial charge in [0.2, 0.25) is 0 Å². The first-order chi connectivity index (χ1) is 7.74. The number of carbonyl (C=O) groups excluding carboxylic acids is 1. The molecule has 6 heteroatoms. The molecule has 0 aliphatic carbocycles. The number of anilines is 1. The number of carbonyl (C=O) groups is 2. The zero-order valence-corrected chi connectivity index (χ0v) is 11.0. The third-order valence-corrected chi connectivity index (χ3v) is 2.72. The Hall–Kier alpha value is -1.56. The van der Waals surface area contributed by atoms with Crippen molar-refractivity contribution >= 4 is 33.5 Å². The highest BCUT2D eigenvalue weighted by Gasteiger charge is 2.28. The van der Waals surface area contributed by atoms with Gasteiger partial charge in [0.25, 0.3) is 5.91 Å². The van der Waals surface area contributed by atoms with E-state index in [1.54, 1.807) is 18.2 Å². The van der Waals surface area contributed by atoms with Gasteiger partial charge in [-0.3, -0.25) is 4.79 Å². The molecule has 0 aromatic heterocycles. The summed E-state index contributed by atoms with van der Waals surface area (Å²) in [6.07, 6.45) is 0. The maximum atomic E-state index is 11.2. The molecule has 92 valence electrons. The minimum absolute atomic E-state index is 0.244. The fourth-order valence-electron chi connectivity index (χ4n) is 1.22. The van der Waals surface area contributed by atoms with E-state index in [4.69, 9.17) is 10.8 Å². The van der Waals surface area contributed by atoms with Crippen LogP contribution in [-0.4, -0.2) is 22.5 Å². The Bertz CT molecular complexity index is 472. The molecule has 0 bridgehead atoms. The number of aliphatic carboxylic acids is 1. The topological polar surface area (TPSA) is 92.4 Å². The van der Waals surface area contributed by atoms with E-state index in [1.165, 1.54) is 13.8 Å². The Kier molecular flexibility index (Phi) is 3.77. The standard InChI is InChI=1S/C11H13BrN2O3/c1-11(2,10(16)17)14-8-4-3-6(12)5-7(8)9(13)15/h3-5,14H,1-2H3,(H2,13,15)(H,16,17). The Morgan fingerprint density at radius 1 is 1.41 bits per heavy atom. The summed E-state index contributed by atoms with van der Waals surface area (Å²) >= 11 is 3.22. The Labute approximate surface area is 107 Å². The summed E-state index contributed by atoms with van der Waals surface area (Å²) in [5.74, 6) is -1.63. The summed E-state index contributed by atoms with van der Waals surface area (Å²) in [5, 5.41) is 11.8. The number of hydrogen-bond donors (Lipinski definition) is 3. The van der Waals surface area contributed by atoms with Crippen LogP contribution >= 0.6 is 15.9 Å². The van der Waals surface area contributed by atoms with Crippen LogP contribution in [0.15, 0.2) is 22.7 Å². The van der Waals surface area contributed by atoms with Gasteiger partial charge in [-0.15, -0.1) is 0 Å². The number of rotatable bonds is 4. The molecule has 17 heavy (non-hydrogen) atoms. The average molecular weight is 301 g/mol. The van der Waals surface area contributed by atoms with E-state index in [1.807, 2.05) is 0 Å². The molecule has 0 spiro atoms. The lowest BCUT2D eigenvalue weighted by molar-refractivity contribution is -0.141. The summed E-state index contributed by atoms with van der Waals surface area (Å²) < 4.78 is 0.699. The van der Waals surface area contributed by atoms with Crippen LogP contribution < -0.4 is 11.1 Å². The predicted molar refractivity (Wildman–Crippen MR) is 68.0 cm³/mol. The van der Waals surface area contributed by atoms with Gasteiger partial charge < -0.3 is 16.2 Å². The molecule has 0 saturated carbocycles. The van der Waals surface area contributed by atoms with Gasteiger partial charge in [-0.1, -0.05) is 15.9 Å². The van der Waals surface area contributed by atoms with E-state index < -0.39 is 17.4 Å². The number of nitrogens with one attached hydrogen (secondary N) is 1. The van der Waals surface area contributed by atoms with Crippen LogP contribution in [0.1, 0.15) is 24.2 Å². The maximum Gasteiger partial charge on any atom is 0.328 e. The van der Waals surface area contributed by atoms with Crippen molar-refractivity contribution in [1.82, 2.24) is 0 Å². The number of hydrogen-bond acceptors (Lipinski definition) is 3. The highest BCUT2D eigenvalue weighted by molar-refractivity contribution is 9.10. The SMILES string of the molecule is CC(C)(Nc1ccc(Br)cc1C(N)=O)C(=O)O. The smallest absolute Gasteiger partial charge is 0.328 e. The van der Waals surface area contributed by atoms with Crippen molar-refractivity contribution in [3.8, 4) is 0 Å². The molecule has 1 aromatic carbocycles. The fraction of sp³-hybridized carbons (Fsp3) is 0.273. The van der Waals surface area contributed by atoms with Crippen LogP contribution in [-0.2, 0) is 4.79 Å². The quantitative estimate of drug-likeness (QED) is 0.791. The Morgan fingerprint density at radius 3 is 2.47 bits per heavy atom. The van der Waals surface area contributed by atoms with Gasteiger partial charge in [0, 0.05) is 10.2 Å². The lowest BCUT2D eigenvalue weighted by Crippen LogP contribution is -2.40. The molecule has 0 radical (unpaired) electrons. The molecule has 1 aromatic rings. The molecule has 0 atom stereocenters. The molecular weight excluding hydrogens is 288 g/mol. The van der Waals surface area contributed by atoms with Crippen molar-refractivity contribution in [2.75, 3.05) is 5.32 Å². The van der Waals surface area contributed by atoms with E-state index in [0.29, 0.717) is 10.2 Å². The first-order valence-electron chi connectivity index (χ1n) is 4.85. The normalized spacial score (nSPS) is 11.0. The minimum Gasteiger partial charge on any atom is -0.480 e. The molecule has 5 nitrogen and oxygen atoms in total. The summed E-state index contributed by atoms with van der Waals surface area (Å²) in [4.78, 5) is 22.2. The van der Waals surface area contributed by atoms with Gasteiger partial charge in [0.05, 0.1) is 5.56 Å². The second-order valence-corrected chi connectivity index (χ2v) is 5.02. The number of benzene rings is 1. The van der Waals surface area contributed by atoms with Gasteiger partial charge in [0.1, 0.15) is 5.54 Å². The molecular formula is C11H13BrN2O3. The van der Waals surface area contributed by atoms with E-state index in [2.05, 4.69) is 21.2 Å². The van der Waals surface area contributed by atoms with Crippen molar-refractivity contribution in [2.45, 2.75) is 19.4 Å². The van der Waals surface area contributed by atoms with Crippen molar-refractivity contribution in [3.63, 3.8) is 0 Å². The highest BCUT2D eigenvalue weighted by Crippen LogP contribution is 2.23. The van der Waals surface area contributed by atoms with Crippen LogP contribution in [0.25, 0.3) is 0 Å². The Balaban J connectivity index is 3.15. The predicted octanol–water partition coefficient (Wildman–Crippen LogP) is 1.82. The van der Waals surface area contributed by atoms with Crippen LogP contribution in [0.4, 0.5) is 5.69 Å². The number of primary amides is 1. The first-order valence-corrected chi connectivity index (χ1v) is 5.64. The average Bonchev–Trinajstić information content (AvgIpc) is 2.19. The van der Waals surface area contributed by atoms with Crippen LogP contribution in [0.2, 0.25) is 0 Å². The first kappa shape index (κ1) is 13.5. The molecule has 0 unspecified atom stereocenters. The van der Waals surface area contributed by atoms with Gasteiger partial charge in [0.15, 0.2) is 0 Å². The number of nitrogens with two attached hydrogens (primary N) is 1. The molecule has 0 aliphatic heterocycles. The lowest BCUT2D eigenvalue weighted by Gasteiger charge is -2.23. The highest BCUT2D eigenvalue weighted by atomic mass is 79.9. The lowest BCUT2D eigenvalue weighted by atomic mass is 10.0. The van der Waals surface area contributed by atoms with Crippen molar-refractivity contribution in [1.29, 1.82) is 0 Å². The van der Waals surface area contributed by atoms with Crippen LogP contribution in [0, 0.1) is 0 Å². The van der Waals surface area contributed by atoms with Crippen LogP contribution in [0.3, 0.4) is 0 Å². The molecule has 0 aliphatic rings. The fourth-order valence-corrected chi connectivity index (χ4v) is 1.58. The zero-order valence-electron chi connectivity index (χ0n) is 9.45. The summed E-state index contributed by atoms with van der Waals surface area (Å²) in [5.41, 5.74) is 4.69. The number of amides is 1. The largest absolute Gasteiger partial charge is 0.480 e. The molecule has 4 N–H and O–H groups in total. The molecule has 0 fully saturated rings. The van der Waals surface area contributed by atoms with E-state index in [9.17, 15) is 9.59 Å². The molecule has 1 amide bonds.